The van der Waals surface area contributed by atoms with Gasteiger partial charge in [0.1, 0.15) is 18.5 Å². The lowest BCUT2D eigenvalue weighted by Gasteiger charge is -2.15. The van der Waals surface area contributed by atoms with Gasteiger partial charge < -0.3 is 15.2 Å². The van der Waals surface area contributed by atoms with Gasteiger partial charge >= 0.3 is 0 Å². The quantitative estimate of drug-likeness (QED) is 0.737. The zero-order chi connectivity index (χ0) is 15.2. The summed E-state index contributed by atoms with van der Waals surface area (Å²) in [6.07, 6.45) is -0.577. The van der Waals surface area contributed by atoms with Gasteiger partial charge in [-0.05, 0) is 48.9 Å². The van der Waals surface area contributed by atoms with Gasteiger partial charge in [-0.25, -0.2) is 0 Å². The zero-order valence-corrected chi connectivity index (χ0v) is 14.8. The molecular formula is C16H17Br2NO2. The summed E-state index contributed by atoms with van der Waals surface area (Å²) in [5, 5.41) is 13.2. The van der Waals surface area contributed by atoms with Gasteiger partial charge in [0.2, 0.25) is 0 Å². The molecule has 21 heavy (non-hydrogen) atoms. The first-order chi connectivity index (χ1) is 10.0. The summed E-state index contributed by atoms with van der Waals surface area (Å²) in [7, 11) is 0. The first-order valence-electron chi connectivity index (χ1n) is 6.61. The van der Waals surface area contributed by atoms with E-state index in [1.807, 2.05) is 49.4 Å². The Balaban J connectivity index is 1.80. The number of halogens is 2. The van der Waals surface area contributed by atoms with E-state index in [1.54, 1.807) is 0 Å². The Morgan fingerprint density at radius 3 is 2.62 bits per heavy atom. The molecule has 2 rings (SSSR count). The maximum absolute atomic E-state index is 9.98. The minimum absolute atomic E-state index is 0.249. The van der Waals surface area contributed by atoms with Crippen LogP contribution < -0.4 is 10.1 Å². The predicted octanol–water partition coefficient (Wildman–Crippen LogP) is 4.37. The van der Waals surface area contributed by atoms with Crippen LogP contribution in [0.5, 0.6) is 5.75 Å². The predicted molar refractivity (Wildman–Crippen MR) is 93.0 cm³/mol. The molecule has 0 fully saturated rings. The third kappa shape index (κ3) is 5.34. The maximum atomic E-state index is 9.98. The fraction of sp³-hybridized carbons (Fsp3) is 0.250. The van der Waals surface area contributed by atoms with Gasteiger partial charge in [0.15, 0.2) is 0 Å². The van der Waals surface area contributed by atoms with Gasteiger partial charge in [-0.1, -0.05) is 37.9 Å². The zero-order valence-electron chi connectivity index (χ0n) is 11.6. The van der Waals surface area contributed by atoms with Gasteiger partial charge in [0.25, 0.3) is 0 Å². The van der Waals surface area contributed by atoms with E-state index in [1.165, 1.54) is 0 Å². The van der Waals surface area contributed by atoms with Crippen molar-refractivity contribution in [3.8, 4) is 5.75 Å². The molecule has 0 aliphatic carbocycles. The van der Waals surface area contributed by atoms with Gasteiger partial charge in [-0.2, -0.15) is 0 Å². The van der Waals surface area contributed by atoms with Crippen molar-refractivity contribution >= 4 is 37.5 Å². The Hall–Kier alpha value is -1.04. The molecule has 1 unspecified atom stereocenters. The highest BCUT2D eigenvalue weighted by atomic mass is 79.9. The van der Waals surface area contributed by atoms with Crippen molar-refractivity contribution in [1.82, 2.24) is 0 Å². The molecule has 2 aromatic rings. The lowest BCUT2D eigenvalue weighted by Crippen LogP contribution is -2.26. The molecule has 0 heterocycles. The van der Waals surface area contributed by atoms with E-state index < -0.39 is 6.10 Å². The highest BCUT2D eigenvalue weighted by molar-refractivity contribution is 9.10. The summed E-state index contributed by atoms with van der Waals surface area (Å²) < 4.78 is 7.56. The minimum Gasteiger partial charge on any atom is -0.491 e. The number of anilines is 1. The van der Waals surface area contributed by atoms with Crippen LogP contribution in [0.25, 0.3) is 0 Å². The molecule has 0 saturated heterocycles. The van der Waals surface area contributed by atoms with Crippen molar-refractivity contribution in [2.75, 3.05) is 18.5 Å². The van der Waals surface area contributed by atoms with Crippen molar-refractivity contribution in [2.45, 2.75) is 13.0 Å². The monoisotopic (exact) mass is 413 g/mol. The Labute approximate surface area is 141 Å². The molecule has 0 saturated carbocycles. The van der Waals surface area contributed by atoms with Crippen molar-refractivity contribution in [1.29, 1.82) is 0 Å². The number of rotatable bonds is 6. The lowest BCUT2D eigenvalue weighted by atomic mass is 10.2. The second-order valence-corrected chi connectivity index (χ2v) is 6.59. The topological polar surface area (TPSA) is 41.5 Å². The van der Waals surface area contributed by atoms with Gasteiger partial charge in [-0.15, -0.1) is 0 Å². The summed E-state index contributed by atoms with van der Waals surface area (Å²) in [6, 6.07) is 13.6. The molecule has 0 spiro atoms. The van der Waals surface area contributed by atoms with Crippen LogP contribution in [0, 0.1) is 6.92 Å². The molecule has 0 bridgehead atoms. The van der Waals surface area contributed by atoms with Crippen molar-refractivity contribution in [3.05, 3.63) is 57.0 Å². The summed E-state index contributed by atoms with van der Waals surface area (Å²) in [6.45, 7) is 2.72. The minimum atomic E-state index is -0.577. The number of hydrogen-bond acceptors (Lipinski definition) is 3. The summed E-state index contributed by atoms with van der Waals surface area (Å²) in [5.74, 6) is 0.739. The number of hydrogen-bond donors (Lipinski definition) is 2. The van der Waals surface area contributed by atoms with E-state index >= 15 is 0 Å². The van der Waals surface area contributed by atoms with Crippen molar-refractivity contribution < 1.29 is 9.84 Å². The Bertz CT molecular complexity index is 605. The second kappa shape index (κ2) is 7.82. The number of nitrogens with one attached hydrogen (secondary N) is 1. The number of ether oxygens (including phenoxy) is 1. The number of aliphatic hydroxyl groups excluding tert-OH is 1. The Kier molecular flexibility index (Phi) is 6.08. The SMILES string of the molecule is Cc1cc(Br)ccc1NCC(O)COc1cccc(Br)c1. The van der Waals surface area contributed by atoms with Gasteiger partial charge in [0, 0.05) is 21.2 Å². The molecule has 112 valence electrons. The Morgan fingerprint density at radius 2 is 1.90 bits per heavy atom. The van der Waals surface area contributed by atoms with E-state index in [4.69, 9.17) is 4.74 Å². The largest absolute Gasteiger partial charge is 0.491 e. The molecule has 2 aromatic carbocycles. The fourth-order valence-corrected chi connectivity index (χ4v) is 2.72. The summed E-state index contributed by atoms with van der Waals surface area (Å²) >= 11 is 6.82. The number of benzene rings is 2. The molecule has 1 atom stereocenters. The van der Waals surface area contributed by atoms with Gasteiger partial charge in [0.05, 0.1) is 0 Å². The molecule has 0 radical (unpaired) electrons. The fourth-order valence-electron chi connectivity index (χ4n) is 1.86. The third-order valence-electron chi connectivity index (χ3n) is 2.96. The van der Waals surface area contributed by atoms with E-state index in [9.17, 15) is 5.11 Å². The van der Waals surface area contributed by atoms with Crippen LogP contribution in [0.2, 0.25) is 0 Å². The lowest BCUT2D eigenvalue weighted by molar-refractivity contribution is 0.117. The van der Waals surface area contributed by atoms with Crippen LogP contribution in [-0.2, 0) is 0 Å². The van der Waals surface area contributed by atoms with Crippen LogP contribution in [0.4, 0.5) is 5.69 Å². The van der Waals surface area contributed by atoms with Crippen molar-refractivity contribution in [2.24, 2.45) is 0 Å². The van der Waals surface area contributed by atoms with Crippen LogP contribution in [0.15, 0.2) is 51.4 Å². The maximum Gasteiger partial charge on any atom is 0.120 e. The first-order valence-corrected chi connectivity index (χ1v) is 8.19. The van der Waals surface area contributed by atoms with Crippen LogP contribution >= 0.6 is 31.9 Å². The average molecular weight is 415 g/mol. The van der Waals surface area contributed by atoms with Crippen molar-refractivity contribution in [3.63, 3.8) is 0 Å². The average Bonchev–Trinajstić information content (AvgIpc) is 2.44. The van der Waals surface area contributed by atoms with E-state index in [0.29, 0.717) is 6.54 Å². The molecule has 0 amide bonds. The van der Waals surface area contributed by atoms with Crippen LogP contribution in [0.1, 0.15) is 5.56 Å². The molecule has 0 aromatic heterocycles. The molecule has 0 aliphatic heterocycles. The first kappa shape index (κ1) is 16.3. The smallest absolute Gasteiger partial charge is 0.120 e. The molecule has 2 N–H and O–H groups in total. The molecule has 0 aliphatic rings. The number of aryl methyl sites for hydroxylation is 1. The third-order valence-corrected chi connectivity index (χ3v) is 3.94. The Morgan fingerprint density at radius 1 is 1.14 bits per heavy atom. The van der Waals surface area contributed by atoms with E-state index in [0.717, 1.165) is 25.9 Å². The standard InChI is InChI=1S/C16H17Br2NO2/c1-11-7-13(18)5-6-16(11)19-9-14(20)10-21-15-4-2-3-12(17)8-15/h2-8,14,19-20H,9-10H2,1H3. The highest BCUT2D eigenvalue weighted by Crippen LogP contribution is 2.20. The van der Waals surface area contributed by atoms with Gasteiger partial charge in [-0.3, -0.25) is 0 Å². The molecule has 5 heteroatoms. The number of aliphatic hydroxyl groups is 1. The summed E-state index contributed by atoms with van der Waals surface area (Å²) in [5.41, 5.74) is 2.14. The van der Waals surface area contributed by atoms with E-state index in [2.05, 4.69) is 37.2 Å². The highest BCUT2D eigenvalue weighted by Gasteiger charge is 2.07. The molecule has 3 nitrogen and oxygen atoms in total. The van der Waals surface area contributed by atoms with Crippen LogP contribution in [0.3, 0.4) is 0 Å². The summed E-state index contributed by atoms with van der Waals surface area (Å²) in [4.78, 5) is 0. The molecular weight excluding hydrogens is 398 g/mol. The normalized spacial score (nSPS) is 12.0. The van der Waals surface area contributed by atoms with E-state index in [-0.39, 0.29) is 6.61 Å². The second-order valence-electron chi connectivity index (χ2n) is 4.76. The van der Waals surface area contributed by atoms with Crippen LogP contribution in [-0.4, -0.2) is 24.4 Å².